The molecular weight excluding hydrogens is 1720 g/mol. The lowest BCUT2D eigenvalue weighted by Crippen LogP contribution is -2.36. The molecule has 0 aliphatic carbocycles. The van der Waals surface area contributed by atoms with Gasteiger partial charge in [-0.15, -0.1) is 10.2 Å². The van der Waals surface area contributed by atoms with E-state index < -0.39 is 49.2 Å². The van der Waals surface area contributed by atoms with Crippen molar-refractivity contribution in [1.29, 1.82) is 0 Å². The van der Waals surface area contributed by atoms with Gasteiger partial charge in [-0.2, -0.15) is 19.9 Å². The molecule has 0 saturated heterocycles. The van der Waals surface area contributed by atoms with Crippen LogP contribution in [0.15, 0.2) is 111 Å². The topological polar surface area (TPSA) is 404 Å². The molecule has 7 atom stereocenters. The third-order valence-corrected chi connectivity index (χ3v) is 29.6. The number of anilines is 9. The number of esters is 1. The summed E-state index contributed by atoms with van der Waals surface area (Å²) in [5.74, 6) is 10.5. The summed E-state index contributed by atoms with van der Waals surface area (Å²) in [4.78, 5) is 74.1. The van der Waals surface area contributed by atoms with Crippen molar-refractivity contribution in [3.63, 3.8) is 0 Å². The lowest BCUT2D eigenvalue weighted by molar-refractivity contribution is 0.0519. The average Bonchev–Trinajstić information content (AvgIpc) is 1.59. The summed E-state index contributed by atoms with van der Waals surface area (Å²) in [6.07, 6.45) is 10.6. The molecule has 0 spiro atoms. The first-order valence-electron chi connectivity index (χ1n) is 42.4. The number of nitrogens with zero attached hydrogens (tertiary/aromatic N) is 21. The Balaban J connectivity index is 0.000000124. The van der Waals surface area contributed by atoms with Crippen LogP contribution in [0.4, 0.5) is 61.5 Å². The standard InChI is InChI=1S/C24H30ClN7O2S.C23H27FN6O2S.C20H28N6O4S.C18H17FN6OS/c1-14(2)19(13-33)26-23-22-18(6-9-35(22)34)27-24(28-23)31-7-8-32-20(29-30-21(32)12-31)11-16-5-4-15(3)17(25)10-16;1-14(2)18(13-31)26-22-21-17(7-10-33(21)32)27-23(28-22)29-8-9-30-19(11-25-20(30)12-29)15-3-5-16(24)6-4-15;1-4-30-19(28)14-9-25-6-7-26(10-16(25)21-14)20-23-13-5-8-31(29)17(13)18(24-20)22-15(11-27)12(2)3;19-12-2-1-3-13(10-12)21-17-16-14(4-9-27(16)26)22-18(23-17)25-8-7-24-6-5-20-15(24)11-25/h4-5,10,14,19,33H,6-9,11-13H2,1-3H3,(H,26,27,28);3-6,11,14,18,31H,7-10,12-13H2,1-2H3,(H,26,27,28);9,12,15,27H,4-8,10-11H2,1-3H3,(H,22,23,24);1-3,5-6,10H,4,7-9,11H2,(H,21,22,23)/t19-,35?;18-,33?;15-,31?;/m000./s1. The maximum atomic E-state index is 13.6. The number of benzene rings is 3. The number of rotatable bonds is 23. The average molecular weight is 1820 g/mol. The number of nitrogens with one attached hydrogen (secondary N) is 4. The fourth-order valence-electron chi connectivity index (χ4n) is 16.0. The maximum absolute atomic E-state index is 13.6. The van der Waals surface area contributed by atoms with Crippen molar-refractivity contribution in [2.45, 2.75) is 178 Å². The normalized spacial score (nSPS) is 18.3. The van der Waals surface area contributed by atoms with Crippen molar-refractivity contribution < 1.29 is 50.5 Å². The molecule has 0 saturated carbocycles. The molecule has 666 valence electrons. The van der Waals surface area contributed by atoms with E-state index in [0.29, 0.717) is 199 Å². The van der Waals surface area contributed by atoms with Gasteiger partial charge in [0.25, 0.3) is 0 Å². The van der Waals surface area contributed by atoms with E-state index in [2.05, 4.69) is 90.9 Å². The van der Waals surface area contributed by atoms with E-state index in [9.17, 15) is 45.7 Å². The van der Waals surface area contributed by atoms with Crippen LogP contribution < -0.4 is 40.9 Å². The van der Waals surface area contributed by atoms with Crippen LogP contribution in [0.25, 0.3) is 11.3 Å². The van der Waals surface area contributed by atoms with Crippen LogP contribution in [0.5, 0.6) is 0 Å². The summed E-state index contributed by atoms with van der Waals surface area (Å²) in [6.45, 7) is 23.9. The van der Waals surface area contributed by atoms with Gasteiger partial charge in [0.15, 0.2) is 17.3 Å². The fourth-order valence-corrected chi connectivity index (χ4v) is 21.4. The summed E-state index contributed by atoms with van der Waals surface area (Å²) in [6, 6.07) is 18.1. The molecule has 11 aromatic rings. The van der Waals surface area contributed by atoms with Gasteiger partial charge in [0.2, 0.25) is 23.8 Å². The van der Waals surface area contributed by atoms with Crippen LogP contribution in [0.3, 0.4) is 0 Å². The van der Waals surface area contributed by atoms with Crippen molar-refractivity contribution in [3.8, 4) is 11.3 Å². The summed E-state index contributed by atoms with van der Waals surface area (Å²) in [5, 5.41) is 52.1. The molecule has 0 radical (unpaired) electrons. The highest BCUT2D eigenvalue weighted by molar-refractivity contribution is 7.86. The van der Waals surface area contributed by atoms with Crippen LogP contribution in [-0.4, -0.2) is 215 Å². The fraction of sp³-hybridized carbons (Fsp3) is 0.459. The van der Waals surface area contributed by atoms with E-state index in [4.69, 9.17) is 46.2 Å². The van der Waals surface area contributed by atoms with E-state index in [-0.39, 0.29) is 67.3 Å². The number of hydrogen-bond acceptors (Lipinski definition) is 30. The van der Waals surface area contributed by atoms with Gasteiger partial charge >= 0.3 is 5.97 Å². The van der Waals surface area contributed by atoms with E-state index in [0.717, 1.165) is 98.9 Å². The molecule has 34 nitrogen and oxygen atoms in total. The second-order valence-corrected chi connectivity index (χ2v) is 39.2. The predicted octanol–water partition coefficient (Wildman–Crippen LogP) is 8.53. The molecule has 7 N–H and O–H groups in total. The largest absolute Gasteiger partial charge is 0.461 e. The summed E-state index contributed by atoms with van der Waals surface area (Å²) >= 11 is 6.30. The third-order valence-electron chi connectivity index (χ3n) is 23.4. The molecular formula is C85H102ClF2N25O9S4. The Kier molecular flexibility index (Phi) is 27.3. The van der Waals surface area contributed by atoms with Gasteiger partial charge in [-0.3, -0.25) is 16.8 Å². The van der Waals surface area contributed by atoms with Crippen molar-refractivity contribution in [1.82, 2.24) is 83.3 Å². The molecule has 8 aliphatic heterocycles. The number of imidazole rings is 3. The molecule has 0 bridgehead atoms. The van der Waals surface area contributed by atoms with Gasteiger partial charge in [-0.05, 0) is 96.8 Å². The van der Waals surface area contributed by atoms with Crippen LogP contribution in [-0.2, 0) is 132 Å². The molecule has 4 unspecified atom stereocenters. The number of halogens is 3. The minimum absolute atomic E-state index is 0.0276. The third kappa shape index (κ3) is 19.4. The highest BCUT2D eigenvalue weighted by Gasteiger charge is 2.37. The van der Waals surface area contributed by atoms with E-state index >= 15 is 0 Å². The zero-order valence-corrected chi connectivity index (χ0v) is 75.3. The number of aromatic nitrogens is 17. The highest BCUT2D eigenvalue weighted by atomic mass is 35.5. The van der Waals surface area contributed by atoms with E-state index in [1.54, 1.807) is 43.6 Å². The second-order valence-electron chi connectivity index (χ2n) is 32.8. The number of hydrogen-bond donors (Lipinski definition) is 7. The van der Waals surface area contributed by atoms with E-state index in [1.165, 1.54) is 24.3 Å². The number of aliphatic hydroxyl groups is 3. The number of carbonyl (C=O) groups is 1. The van der Waals surface area contributed by atoms with Crippen molar-refractivity contribution in [2.24, 2.45) is 17.8 Å². The van der Waals surface area contributed by atoms with Gasteiger partial charge in [-0.25, -0.2) is 48.5 Å². The Morgan fingerprint density at radius 3 is 1.49 bits per heavy atom. The Bertz CT molecular complexity index is 5960. The van der Waals surface area contributed by atoms with E-state index in [1.807, 2.05) is 82.5 Å². The van der Waals surface area contributed by atoms with Crippen molar-refractivity contribution in [3.05, 3.63) is 177 Å². The monoisotopic (exact) mass is 1820 g/mol. The molecule has 0 amide bonds. The first kappa shape index (κ1) is 88.7. The number of aliphatic hydroxyl groups excluding tert-OH is 3. The van der Waals surface area contributed by atoms with Gasteiger partial charge in [-0.1, -0.05) is 71.3 Å². The number of carbonyl (C=O) groups excluding carboxylic acids is 1. The molecule has 3 aromatic carbocycles. The van der Waals surface area contributed by atoms with Crippen LogP contribution in [0, 0.1) is 36.3 Å². The van der Waals surface area contributed by atoms with Crippen LogP contribution in [0.2, 0.25) is 5.02 Å². The zero-order valence-electron chi connectivity index (χ0n) is 71.3. The molecule has 0 fully saturated rings. The first-order chi connectivity index (χ1) is 60.8. The van der Waals surface area contributed by atoms with Crippen LogP contribution >= 0.6 is 11.6 Å². The summed E-state index contributed by atoms with van der Waals surface area (Å²) in [7, 11) is -4.57. The molecule has 8 aliphatic rings. The first-order valence-corrected chi connectivity index (χ1v) is 48.0. The lowest BCUT2D eigenvalue weighted by Gasteiger charge is -2.30. The smallest absolute Gasteiger partial charge is 0.358 e. The summed E-state index contributed by atoms with van der Waals surface area (Å²) < 4.78 is 90.6. The minimum Gasteiger partial charge on any atom is -0.461 e. The van der Waals surface area contributed by atoms with Crippen LogP contribution in [0.1, 0.15) is 122 Å². The maximum Gasteiger partial charge on any atom is 0.358 e. The second kappa shape index (κ2) is 38.8. The minimum atomic E-state index is -1.15. The Morgan fingerprint density at radius 2 is 0.992 bits per heavy atom. The molecule has 126 heavy (non-hydrogen) atoms. The quantitative estimate of drug-likeness (QED) is 0.0295. The van der Waals surface area contributed by atoms with Crippen molar-refractivity contribution >= 4 is 114 Å². The van der Waals surface area contributed by atoms with Gasteiger partial charge in [0.05, 0.1) is 149 Å². The van der Waals surface area contributed by atoms with Gasteiger partial charge in [0.1, 0.15) is 72.0 Å². The Labute approximate surface area is 742 Å². The molecule has 19 rings (SSSR count). The molecule has 16 heterocycles. The summed E-state index contributed by atoms with van der Waals surface area (Å²) in [5.41, 5.74) is 8.12. The van der Waals surface area contributed by atoms with Gasteiger partial charge < -0.3 is 79.2 Å². The Hall–Kier alpha value is -10.8. The number of aryl methyl sites for hydroxylation is 5. The lowest BCUT2D eigenvalue weighted by atomic mass is 10.1. The predicted molar refractivity (Wildman–Crippen MR) is 477 cm³/mol. The zero-order chi connectivity index (χ0) is 88.3. The number of fused-ring (bicyclic) bond motifs is 8. The number of ether oxygens (including phenoxy) is 1. The SMILES string of the molecule is CC(C)[C@H](CO)Nc1nc(N2CCn3c(-c4ccc(F)cc4)cnc3C2)nc2c1S(=O)CC2.CCOC(=O)c1cn2c(n1)CN(c1nc3c(c(N[C@@H](CO)C(C)C)n1)S(=O)CC3)CC2.Cc1ccc(Cc2nnc3n2CCN(c2nc4c(c(N[C@@H](CO)C(C)C)n2)S(=O)CC4)C3)cc1Cl.O=S1CCc2nc(N3CCn4ccnc4C3)nc(Nc3cccc(F)c3)c21. The molecule has 41 heteroatoms. The molecule has 8 aromatic heterocycles. The highest BCUT2D eigenvalue weighted by Crippen LogP contribution is 2.39. The van der Waals surface area contributed by atoms with Gasteiger partial charge in [0, 0.05) is 137 Å². The Morgan fingerprint density at radius 1 is 0.516 bits per heavy atom. The van der Waals surface area contributed by atoms with Crippen molar-refractivity contribution in [2.75, 3.05) is 116 Å².